The van der Waals surface area contributed by atoms with Crippen LogP contribution in [-0.4, -0.2) is 108 Å². The maximum Gasteiger partial charge on any atom is 0.243 e. The Labute approximate surface area is 473 Å². The molecule has 16 heteroatoms. The van der Waals surface area contributed by atoms with Crippen LogP contribution in [0.4, 0.5) is 0 Å². The third-order valence-electron chi connectivity index (χ3n) is 16.2. The van der Waals surface area contributed by atoms with Crippen LogP contribution >= 0.6 is 0 Å². The number of amides is 4. The predicted octanol–water partition coefficient (Wildman–Crippen LogP) is 7.90. The summed E-state index contributed by atoms with van der Waals surface area (Å²) < 4.78 is 52.1. The number of carbonyl (C=O) groups is 4. The minimum Gasteiger partial charge on any atom is -0.388 e. The minimum absolute atomic E-state index is 0.000270. The van der Waals surface area contributed by atoms with Crippen LogP contribution in [-0.2, 0) is 64.5 Å². The van der Waals surface area contributed by atoms with E-state index in [9.17, 15) is 46.2 Å². The van der Waals surface area contributed by atoms with Crippen molar-refractivity contribution in [2.45, 2.75) is 141 Å². The van der Waals surface area contributed by atoms with Gasteiger partial charge in [0.25, 0.3) is 0 Å². The molecule has 6 aromatic rings. The summed E-state index contributed by atoms with van der Waals surface area (Å²) in [4.78, 5) is 59.2. The molecule has 0 fully saturated rings. The van der Waals surface area contributed by atoms with E-state index in [0.29, 0.717) is 11.1 Å². The Morgan fingerprint density at radius 1 is 0.425 bits per heavy atom. The molecule has 14 nitrogen and oxygen atoms in total. The number of rotatable bonds is 27. The molecule has 80 heavy (non-hydrogen) atoms. The average Bonchev–Trinajstić information content (AvgIpc) is 3.46. The Morgan fingerprint density at radius 2 is 0.738 bits per heavy atom. The van der Waals surface area contributed by atoms with Gasteiger partial charge >= 0.3 is 0 Å². The Balaban J connectivity index is 1.31. The normalized spacial score (nSPS) is 15.5. The van der Waals surface area contributed by atoms with Gasteiger partial charge in [-0.15, -0.1) is 0 Å². The van der Waals surface area contributed by atoms with E-state index in [1.807, 2.05) is 97.1 Å². The second-order valence-corrected chi connectivity index (χ2v) is 28.6. The van der Waals surface area contributed by atoms with E-state index < -0.39 is 113 Å². The van der Waals surface area contributed by atoms with Crippen LogP contribution in [0.25, 0.3) is 21.5 Å². The van der Waals surface area contributed by atoms with Gasteiger partial charge in [-0.25, -0.2) is 16.8 Å². The molecule has 4 amide bonds. The number of hydrogen-bond donors (Lipinski definition) is 6. The van der Waals surface area contributed by atoms with Crippen molar-refractivity contribution >= 4 is 64.8 Å². The van der Waals surface area contributed by atoms with Gasteiger partial charge in [0.15, 0.2) is 19.7 Å². The summed E-state index contributed by atoms with van der Waals surface area (Å²) >= 11 is 0. The highest BCUT2D eigenvalue weighted by Crippen LogP contribution is 2.35. The molecule has 0 spiro atoms. The molecule has 0 aliphatic rings. The molecule has 8 atom stereocenters. The topological polar surface area (TPSA) is 225 Å². The van der Waals surface area contributed by atoms with Crippen molar-refractivity contribution in [2.75, 3.05) is 11.5 Å². The molecule has 430 valence electrons. The Kier molecular flexibility index (Phi) is 21.1. The lowest BCUT2D eigenvalue weighted by molar-refractivity contribution is -0.135. The highest BCUT2D eigenvalue weighted by molar-refractivity contribution is 7.93. The summed E-state index contributed by atoms with van der Waals surface area (Å²) in [5.41, 5.74) is 2.90. The lowest BCUT2D eigenvalue weighted by atomic mass is 9.85. The summed E-state index contributed by atoms with van der Waals surface area (Å²) in [5.74, 6) is -6.52. The Bertz CT molecular complexity index is 3080. The van der Waals surface area contributed by atoms with Crippen LogP contribution < -0.4 is 21.3 Å². The maximum absolute atomic E-state index is 14.8. The van der Waals surface area contributed by atoms with Crippen molar-refractivity contribution in [2.24, 2.45) is 23.7 Å². The molecule has 0 radical (unpaired) electrons. The fourth-order valence-corrected chi connectivity index (χ4v) is 13.5. The number of benzene rings is 6. The number of carbonyl (C=O) groups excluding carboxylic acids is 4. The van der Waals surface area contributed by atoms with Gasteiger partial charge in [-0.2, -0.15) is 0 Å². The second kappa shape index (κ2) is 26.9. The molecule has 6 aromatic carbocycles. The van der Waals surface area contributed by atoms with Gasteiger partial charge in [0.05, 0.1) is 33.4 Å². The summed E-state index contributed by atoms with van der Waals surface area (Å²) in [6, 6.07) is 39.7. The molecule has 6 N–H and O–H groups in total. The zero-order valence-corrected chi connectivity index (χ0v) is 49.5. The SMILES string of the molecule is CCS(=O)(=O)C(C)(C)[C@@H](Cc1cccc2ccccc12)C(=O)N[C@H](C(=O)N[C@@H](Cc1ccccc1)[C@@H](O)[C@H](O)[C@H](Cc1ccccc1)NC(=O)[C@@H](NC(=O)[C@H](Cc1cccc2ccccc12)C(C)(C)S(=O)(=O)CC)C(C)C)C(C)C. The first kappa shape index (κ1) is 62.7. The Hall–Kier alpha value is -6.46. The summed E-state index contributed by atoms with van der Waals surface area (Å²) in [6.07, 6.45) is -3.43. The van der Waals surface area contributed by atoms with Crippen LogP contribution in [0.5, 0.6) is 0 Å². The van der Waals surface area contributed by atoms with E-state index in [4.69, 9.17) is 0 Å². The van der Waals surface area contributed by atoms with Crippen LogP contribution in [0.2, 0.25) is 0 Å². The molecule has 0 heterocycles. The van der Waals surface area contributed by atoms with Gasteiger partial charge < -0.3 is 31.5 Å². The quantitative estimate of drug-likeness (QED) is 0.0292. The number of aliphatic hydroxyl groups excluding tert-OH is 2. The van der Waals surface area contributed by atoms with Crippen molar-refractivity contribution in [1.82, 2.24) is 21.3 Å². The first-order chi connectivity index (χ1) is 37.7. The van der Waals surface area contributed by atoms with Crippen molar-refractivity contribution in [3.8, 4) is 0 Å². The third kappa shape index (κ3) is 14.7. The fraction of sp³-hybridized carbons (Fsp3) is 0.438. The number of fused-ring (bicyclic) bond motifs is 2. The van der Waals surface area contributed by atoms with Crippen molar-refractivity contribution in [3.05, 3.63) is 168 Å². The smallest absolute Gasteiger partial charge is 0.243 e. The van der Waals surface area contributed by atoms with Crippen LogP contribution in [0, 0.1) is 23.7 Å². The minimum atomic E-state index is -3.85. The first-order valence-corrected chi connectivity index (χ1v) is 31.1. The zero-order valence-electron chi connectivity index (χ0n) is 47.8. The number of sulfone groups is 2. The van der Waals surface area contributed by atoms with Gasteiger partial charge in [0, 0.05) is 11.5 Å². The summed E-state index contributed by atoms with van der Waals surface area (Å²) in [7, 11) is -7.70. The van der Waals surface area contributed by atoms with Crippen molar-refractivity contribution < 1.29 is 46.2 Å². The van der Waals surface area contributed by atoms with E-state index in [2.05, 4.69) is 21.3 Å². The van der Waals surface area contributed by atoms with Crippen LogP contribution in [0.3, 0.4) is 0 Å². The van der Waals surface area contributed by atoms with Crippen LogP contribution in [0.1, 0.15) is 91.5 Å². The van der Waals surface area contributed by atoms with Gasteiger partial charge in [-0.05, 0) is 109 Å². The number of aliphatic hydroxyl groups is 2. The highest BCUT2D eigenvalue weighted by atomic mass is 32.2. The molecular formula is C64H82N4O10S2. The molecule has 0 aromatic heterocycles. The third-order valence-corrected chi connectivity index (χ3v) is 21.5. The molecule has 6 rings (SSSR count). The molecular weight excluding hydrogens is 1050 g/mol. The molecule has 0 saturated heterocycles. The van der Waals surface area contributed by atoms with Crippen molar-refractivity contribution in [3.63, 3.8) is 0 Å². The molecule has 0 saturated carbocycles. The molecule has 0 aliphatic carbocycles. The second-order valence-electron chi connectivity index (χ2n) is 22.9. The summed E-state index contributed by atoms with van der Waals surface area (Å²) in [5, 5.41) is 40.2. The molecule has 0 bridgehead atoms. The number of nitrogens with one attached hydrogen (secondary N) is 4. The van der Waals surface area contributed by atoms with Gasteiger partial charge in [-0.3, -0.25) is 19.2 Å². The zero-order chi connectivity index (χ0) is 58.7. The average molecular weight is 1130 g/mol. The largest absolute Gasteiger partial charge is 0.388 e. The highest BCUT2D eigenvalue weighted by Gasteiger charge is 2.48. The van der Waals surface area contributed by atoms with Gasteiger partial charge in [0.1, 0.15) is 24.3 Å². The van der Waals surface area contributed by atoms with E-state index in [1.165, 1.54) is 41.5 Å². The van der Waals surface area contributed by atoms with Crippen molar-refractivity contribution in [1.29, 1.82) is 0 Å². The molecule has 0 aliphatic heterocycles. The summed E-state index contributed by atoms with van der Waals surface area (Å²) in [6.45, 7) is 16.2. The van der Waals surface area contributed by atoms with Crippen LogP contribution in [0.15, 0.2) is 146 Å². The number of hydrogen-bond acceptors (Lipinski definition) is 10. The maximum atomic E-state index is 14.8. The van der Waals surface area contributed by atoms with Gasteiger partial charge in [-0.1, -0.05) is 187 Å². The van der Waals surface area contributed by atoms with E-state index in [0.717, 1.165) is 32.7 Å². The van der Waals surface area contributed by atoms with Gasteiger partial charge in [0.2, 0.25) is 23.6 Å². The lowest BCUT2D eigenvalue weighted by Crippen LogP contribution is -2.62. The fourth-order valence-electron chi connectivity index (χ4n) is 10.7. The Morgan fingerprint density at radius 3 is 1.06 bits per heavy atom. The van der Waals surface area contributed by atoms with E-state index >= 15 is 0 Å². The monoisotopic (exact) mass is 1130 g/mol. The first-order valence-electron chi connectivity index (χ1n) is 27.8. The van der Waals surface area contributed by atoms with E-state index in [-0.39, 0.29) is 37.2 Å². The predicted molar refractivity (Wildman–Crippen MR) is 319 cm³/mol. The van der Waals surface area contributed by atoms with E-state index in [1.54, 1.807) is 76.2 Å². The lowest BCUT2D eigenvalue weighted by Gasteiger charge is -2.37. The standard InChI is InChI=1S/C64H82N4O10S2/c1-11-79(75,76)63(7,8)51(39-47-33-23-31-45-29-19-21-35-49(45)47)59(71)67-55(41(3)4)61(73)65-53(37-43-25-15-13-16-26-43)57(69)58(70)54(38-44-27-17-14-18-28-44)66-62(74)56(42(5)6)68-60(72)52(64(9,10)80(77,78)12-2)40-48-34-24-32-46-30-20-22-36-50(46)48/h13-36,41-42,51-58,69-70H,11-12,37-40H2,1-10H3,(H,65,73)(H,66,74)(H,67,71)(H,68,72)/t51-,52-,53-,54-,55-,56-,57+,58+/m0/s1. The molecule has 0 unspecified atom stereocenters.